The Kier molecular flexibility index (Phi) is 3.28. The van der Waals surface area contributed by atoms with Gasteiger partial charge >= 0.3 is 5.97 Å². The molecule has 1 aliphatic carbocycles. The molecule has 2 rings (SSSR count). The predicted octanol–water partition coefficient (Wildman–Crippen LogP) is 0.536. The Labute approximate surface area is 109 Å². The second kappa shape index (κ2) is 4.40. The molecule has 1 aliphatic heterocycles. The number of halogens is 2. The lowest BCUT2D eigenvalue weighted by atomic mass is 10.0. The lowest BCUT2D eigenvalue weighted by molar-refractivity contribution is -0.151. The van der Waals surface area contributed by atoms with E-state index in [1.165, 1.54) is 0 Å². The van der Waals surface area contributed by atoms with Gasteiger partial charge in [0.05, 0.1) is 6.04 Å². The highest BCUT2D eigenvalue weighted by molar-refractivity contribution is 5.88. The predicted molar refractivity (Wildman–Crippen MR) is 62.5 cm³/mol. The van der Waals surface area contributed by atoms with Crippen molar-refractivity contribution in [2.24, 2.45) is 23.0 Å². The molecule has 0 unspecified atom stereocenters. The third-order valence-electron chi connectivity index (χ3n) is 4.49. The minimum Gasteiger partial charge on any atom is -0.480 e. The van der Waals surface area contributed by atoms with Crippen molar-refractivity contribution in [3.8, 4) is 0 Å². The summed E-state index contributed by atoms with van der Waals surface area (Å²) in [6.07, 6.45) is -3.41. The van der Waals surface area contributed by atoms with Crippen LogP contribution in [0.2, 0.25) is 0 Å². The zero-order chi connectivity index (χ0) is 14.5. The van der Waals surface area contributed by atoms with E-state index in [0.717, 1.165) is 4.90 Å². The van der Waals surface area contributed by atoms with Gasteiger partial charge in [-0.2, -0.15) is 0 Å². The topological polar surface area (TPSA) is 83.6 Å². The number of carboxylic acids is 1. The van der Waals surface area contributed by atoms with Crippen LogP contribution < -0.4 is 5.73 Å². The number of carbonyl (C=O) groups excluding carboxylic acids is 1. The van der Waals surface area contributed by atoms with Gasteiger partial charge in [0.2, 0.25) is 12.3 Å². The molecular formula is C12H18F2N2O3. The molecule has 0 bridgehead atoms. The number of carboxylic acid groups (broad SMARTS) is 1. The molecule has 19 heavy (non-hydrogen) atoms. The summed E-state index contributed by atoms with van der Waals surface area (Å²) in [7, 11) is 0. The average molecular weight is 276 g/mol. The van der Waals surface area contributed by atoms with Crippen molar-refractivity contribution in [1.82, 2.24) is 4.90 Å². The molecule has 4 atom stereocenters. The molecule has 0 aromatic rings. The van der Waals surface area contributed by atoms with E-state index in [4.69, 9.17) is 5.73 Å². The Bertz CT molecular complexity index is 414. The Morgan fingerprint density at radius 3 is 2.53 bits per heavy atom. The highest BCUT2D eigenvalue weighted by Gasteiger charge is 2.69. The molecular weight excluding hydrogens is 258 g/mol. The molecule has 1 amide bonds. The molecule has 0 spiro atoms. The number of alkyl halides is 2. The molecule has 1 heterocycles. The van der Waals surface area contributed by atoms with Crippen LogP contribution in [0.5, 0.6) is 0 Å². The summed E-state index contributed by atoms with van der Waals surface area (Å²) in [6.45, 7) is 4.21. The van der Waals surface area contributed by atoms with E-state index in [1.54, 1.807) is 0 Å². The smallest absolute Gasteiger partial charge is 0.326 e. The minimum absolute atomic E-state index is 0.104. The monoisotopic (exact) mass is 276 g/mol. The van der Waals surface area contributed by atoms with E-state index in [0.29, 0.717) is 6.54 Å². The van der Waals surface area contributed by atoms with E-state index >= 15 is 0 Å². The van der Waals surface area contributed by atoms with Gasteiger partial charge in [0.15, 0.2) is 0 Å². The highest BCUT2D eigenvalue weighted by atomic mass is 19.3. The summed E-state index contributed by atoms with van der Waals surface area (Å²) in [5.74, 6) is -1.75. The number of piperidine rings is 1. The second-order valence-corrected chi connectivity index (χ2v) is 5.96. The van der Waals surface area contributed by atoms with Crippen LogP contribution in [0.3, 0.4) is 0 Å². The van der Waals surface area contributed by atoms with Crippen molar-refractivity contribution in [2.75, 3.05) is 6.54 Å². The first-order valence-corrected chi connectivity index (χ1v) is 6.25. The van der Waals surface area contributed by atoms with Gasteiger partial charge in [0.25, 0.3) is 0 Å². The normalized spacial score (nSPS) is 33.2. The molecule has 2 aliphatic rings. The first kappa shape index (κ1) is 14.2. The number of nitrogens with two attached hydrogens (primary N) is 1. The van der Waals surface area contributed by atoms with Crippen LogP contribution >= 0.6 is 0 Å². The summed E-state index contributed by atoms with van der Waals surface area (Å²) in [5.41, 5.74) is 5.32. The number of carbonyl (C=O) groups is 2. The highest BCUT2D eigenvalue weighted by Crippen LogP contribution is 2.64. The number of fused-ring (bicyclic) bond motifs is 1. The summed E-state index contributed by atoms with van der Waals surface area (Å²) in [4.78, 5) is 24.4. The van der Waals surface area contributed by atoms with E-state index in [9.17, 15) is 23.5 Å². The SMILES string of the molecule is CC1(C)[C@@H]2[C@@H](C(=O)O)N(C(=O)[C@@H](N)CC(F)F)C[C@@H]21. The van der Waals surface area contributed by atoms with Crippen molar-refractivity contribution in [3.05, 3.63) is 0 Å². The number of hydrogen-bond acceptors (Lipinski definition) is 3. The molecule has 1 saturated heterocycles. The van der Waals surface area contributed by atoms with Crippen LogP contribution in [-0.2, 0) is 9.59 Å². The Balaban J connectivity index is 2.09. The van der Waals surface area contributed by atoms with Crippen molar-refractivity contribution in [3.63, 3.8) is 0 Å². The number of amides is 1. The summed E-state index contributed by atoms with van der Waals surface area (Å²) < 4.78 is 24.5. The van der Waals surface area contributed by atoms with E-state index in [-0.39, 0.29) is 17.3 Å². The van der Waals surface area contributed by atoms with Crippen LogP contribution in [0.4, 0.5) is 8.78 Å². The lowest BCUT2D eigenvalue weighted by Gasteiger charge is -2.30. The Morgan fingerprint density at radius 2 is 2.05 bits per heavy atom. The van der Waals surface area contributed by atoms with Crippen molar-refractivity contribution in [2.45, 2.75) is 38.8 Å². The number of hydrogen-bond donors (Lipinski definition) is 2. The maximum absolute atomic E-state index is 12.2. The Hall–Kier alpha value is -1.24. The molecule has 2 fully saturated rings. The van der Waals surface area contributed by atoms with Gasteiger partial charge in [0, 0.05) is 18.9 Å². The van der Waals surface area contributed by atoms with Gasteiger partial charge in [-0.3, -0.25) is 4.79 Å². The fourth-order valence-electron chi connectivity index (χ4n) is 3.30. The fourth-order valence-corrected chi connectivity index (χ4v) is 3.30. The van der Waals surface area contributed by atoms with Crippen molar-refractivity contribution < 1.29 is 23.5 Å². The van der Waals surface area contributed by atoms with Gasteiger partial charge in [0.1, 0.15) is 6.04 Å². The van der Waals surface area contributed by atoms with Gasteiger partial charge in [-0.15, -0.1) is 0 Å². The van der Waals surface area contributed by atoms with Crippen molar-refractivity contribution >= 4 is 11.9 Å². The second-order valence-electron chi connectivity index (χ2n) is 5.96. The lowest BCUT2D eigenvalue weighted by Crippen LogP contribution is -2.51. The van der Waals surface area contributed by atoms with E-state index in [2.05, 4.69) is 0 Å². The molecule has 0 aromatic heterocycles. The summed E-state index contributed by atoms with van der Waals surface area (Å²) in [6, 6.07) is -2.27. The number of rotatable bonds is 4. The molecule has 0 radical (unpaired) electrons. The maximum atomic E-state index is 12.2. The van der Waals surface area contributed by atoms with Crippen LogP contribution in [0.15, 0.2) is 0 Å². The number of likely N-dealkylation sites (tertiary alicyclic amines) is 1. The third-order valence-corrected chi connectivity index (χ3v) is 4.49. The summed E-state index contributed by atoms with van der Waals surface area (Å²) >= 11 is 0. The fraction of sp³-hybridized carbons (Fsp3) is 0.833. The van der Waals surface area contributed by atoms with Gasteiger partial charge < -0.3 is 15.7 Å². The average Bonchev–Trinajstić information content (AvgIpc) is 2.68. The molecule has 3 N–H and O–H groups in total. The van der Waals surface area contributed by atoms with Crippen LogP contribution in [0.1, 0.15) is 20.3 Å². The quantitative estimate of drug-likeness (QED) is 0.785. The Morgan fingerprint density at radius 1 is 1.47 bits per heavy atom. The zero-order valence-electron chi connectivity index (χ0n) is 10.8. The third kappa shape index (κ3) is 2.20. The van der Waals surface area contributed by atoms with Crippen LogP contribution in [0, 0.1) is 17.3 Å². The minimum atomic E-state index is -2.67. The molecule has 5 nitrogen and oxygen atoms in total. The first-order chi connectivity index (χ1) is 8.67. The zero-order valence-corrected chi connectivity index (χ0v) is 10.8. The van der Waals surface area contributed by atoms with Crippen LogP contribution in [0.25, 0.3) is 0 Å². The van der Waals surface area contributed by atoms with Gasteiger partial charge in [-0.05, 0) is 11.3 Å². The first-order valence-electron chi connectivity index (χ1n) is 6.25. The summed E-state index contributed by atoms with van der Waals surface area (Å²) in [5, 5.41) is 9.24. The number of aliphatic carboxylic acids is 1. The van der Waals surface area contributed by atoms with E-state index in [1.807, 2.05) is 13.8 Å². The molecule has 1 saturated carbocycles. The van der Waals surface area contributed by atoms with Gasteiger partial charge in [-0.1, -0.05) is 13.8 Å². The van der Waals surface area contributed by atoms with Crippen LogP contribution in [-0.4, -0.2) is 46.9 Å². The molecule has 0 aromatic carbocycles. The standard InChI is InChI=1S/C12H18F2N2O3/c1-12(2)5-4-16(9(8(5)12)11(18)19)10(17)6(15)3-7(13)14/h5-9H,3-4,15H2,1-2H3,(H,18,19)/t5-,6-,8-,9-/m0/s1. The van der Waals surface area contributed by atoms with Gasteiger partial charge in [-0.25, -0.2) is 13.6 Å². The van der Waals surface area contributed by atoms with Crippen molar-refractivity contribution in [1.29, 1.82) is 0 Å². The van der Waals surface area contributed by atoms with E-state index < -0.39 is 36.8 Å². The number of nitrogens with zero attached hydrogens (tertiary/aromatic N) is 1. The molecule has 7 heteroatoms. The largest absolute Gasteiger partial charge is 0.480 e. The molecule has 108 valence electrons. The maximum Gasteiger partial charge on any atom is 0.326 e.